The molecular weight excluding hydrogens is 635 g/mol. The van der Waals surface area contributed by atoms with Gasteiger partial charge in [-0.3, -0.25) is 9.97 Å². The summed E-state index contributed by atoms with van der Waals surface area (Å²) in [6.45, 7) is 15.1. The highest BCUT2D eigenvalue weighted by molar-refractivity contribution is 6.76. The van der Waals surface area contributed by atoms with Gasteiger partial charge in [-0.05, 0) is 69.1 Å². The maximum absolute atomic E-state index is 13.5. The minimum Gasteiger partial charge on any atom is -0.361 e. The molecular formula is C36H49N9O3Si. The number of amides is 2. The summed E-state index contributed by atoms with van der Waals surface area (Å²) in [5, 5.41) is 5.05. The molecule has 49 heavy (non-hydrogen) atoms. The van der Waals surface area contributed by atoms with Crippen molar-refractivity contribution in [3.05, 3.63) is 59.8 Å². The summed E-state index contributed by atoms with van der Waals surface area (Å²) in [6, 6.07) is 11.3. The van der Waals surface area contributed by atoms with Crippen LogP contribution in [0.5, 0.6) is 0 Å². The second-order valence-electron chi connectivity index (χ2n) is 14.8. The van der Waals surface area contributed by atoms with E-state index in [0.29, 0.717) is 26.4 Å². The molecule has 0 aromatic carbocycles. The van der Waals surface area contributed by atoms with Gasteiger partial charge in [0, 0.05) is 71.1 Å². The van der Waals surface area contributed by atoms with Gasteiger partial charge in [-0.25, -0.2) is 14.5 Å². The largest absolute Gasteiger partial charge is 0.361 e. The first-order valence-electron chi connectivity index (χ1n) is 17.6. The first kappa shape index (κ1) is 33.6. The van der Waals surface area contributed by atoms with Crippen molar-refractivity contribution in [1.82, 2.24) is 44.0 Å². The monoisotopic (exact) mass is 683 g/mol. The Morgan fingerprint density at radius 1 is 1.02 bits per heavy atom. The lowest BCUT2D eigenvalue weighted by atomic mass is 10.0. The maximum atomic E-state index is 13.5. The number of hydrogen-bond acceptors (Lipinski definition) is 8. The molecule has 3 aliphatic rings. The van der Waals surface area contributed by atoms with Gasteiger partial charge in [0.05, 0.1) is 30.2 Å². The maximum Gasteiger partial charge on any atom is 0.320 e. The van der Waals surface area contributed by atoms with Crippen LogP contribution in [-0.2, 0) is 29.3 Å². The third-order valence-electron chi connectivity index (χ3n) is 9.71. The van der Waals surface area contributed by atoms with Gasteiger partial charge in [-0.15, -0.1) is 0 Å². The number of imidazole rings is 1. The second kappa shape index (κ2) is 14.1. The molecule has 4 aromatic heterocycles. The number of likely N-dealkylation sites (N-methyl/N-ethyl adjacent to an activating group) is 1. The average molecular weight is 684 g/mol. The number of aryl methyl sites for hydroxylation is 1. The highest BCUT2D eigenvalue weighted by atomic mass is 28.3. The molecule has 0 aliphatic carbocycles. The van der Waals surface area contributed by atoms with Crippen molar-refractivity contribution >= 4 is 14.1 Å². The van der Waals surface area contributed by atoms with E-state index in [1.165, 1.54) is 0 Å². The lowest BCUT2D eigenvalue weighted by Crippen LogP contribution is -2.50. The van der Waals surface area contributed by atoms with Crippen LogP contribution in [0.2, 0.25) is 25.7 Å². The SMILES string of the molecule is Cc1cccc(-c2nn(C3CCCCO3)cc2-c2ccnc(-c3nc4c(n3COCC[Si](C)(C)C)CN(C(=O)N3CCN(C)CC3)C4)c2)n1. The summed E-state index contributed by atoms with van der Waals surface area (Å²) in [5.74, 6) is 0.754. The van der Waals surface area contributed by atoms with Gasteiger partial charge in [0.25, 0.3) is 0 Å². The Morgan fingerprint density at radius 3 is 2.61 bits per heavy atom. The Bertz CT molecular complexity index is 1780. The highest BCUT2D eigenvalue weighted by Crippen LogP contribution is 2.36. The van der Waals surface area contributed by atoms with Crippen LogP contribution >= 0.6 is 0 Å². The molecule has 1 atom stereocenters. The number of nitrogens with zero attached hydrogens (tertiary/aromatic N) is 9. The fourth-order valence-electron chi connectivity index (χ4n) is 6.73. The minimum atomic E-state index is -1.27. The molecule has 7 heterocycles. The van der Waals surface area contributed by atoms with Crippen LogP contribution in [0.1, 0.15) is 42.6 Å². The molecule has 7 rings (SSSR count). The first-order chi connectivity index (χ1) is 23.6. The minimum absolute atomic E-state index is 0.0789. The van der Waals surface area contributed by atoms with Gasteiger partial charge in [0.1, 0.15) is 24.3 Å². The Hall–Kier alpha value is -3.91. The number of fused-ring (bicyclic) bond motifs is 1. The van der Waals surface area contributed by atoms with Crippen molar-refractivity contribution in [2.24, 2.45) is 0 Å². The fraction of sp³-hybridized carbons (Fsp3) is 0.528. The first-order valence-corrected chi connectivity index (χ1v) is 21.3. The van der Waals surface area contributed by atoms with Gasteiger partial charge in [0.2, 0.25) is 0 Å². The van der Waals surface area contributed by atoms with Crippen molar-refractivity contribution < 1.29 is 14.3 Å². The van der Waals surface area contributed by atoms with Crippen molar-refractivity contribution in [2.75, 3.05) is 46.4 Å². The lowest BCUT2D eigenvalue weighted by Gasteiger charge is -2.34. The van der Waals surface area contributed by atoms with Crippen LogP contribution in [0.15, 0.2) is 42.7 Å². The van der Waals surface area contributed by atoms with Gasteiger partial charge in [-0.1, -0.05) is 25.7 Å². The summed E-state index contributed by atoms with van der Waals surface area (Å²) < 4.78 is 16.5. The van der Waals surface area contributed by atoms with Gasteiger partial charge < -0.3 is 28.7 Å². The quantitative estimate of drug-likeness (QED) is 0.159. The number of ether oxygens (including phenoxy) is 2. The number of pyridine rings is 2. The van der Waals surface area contributed by atoms with Gasteiger partial charge in [-0.2, -0.15) is 5.10 Å². The van der Waals surface area contributed by atoms with E-state index in [0.717, 1.165) is 109 Å². The fourth-order valence-corrected chi connectivity index (χ4v) is 7.48. The van der Waals surface area contributed by atoms with E-state index >= 15 is 0 Å². The molecule has 260 valence electrons. The molecule has 13 heteroatoms. The van der Waals surface area contributed by atoms with E-state index in [1.807, 2.05) is 51.9 Å². The number of urea groups is 1. The molecule has 4 aromatic rings. The van der Waals surface area contributed by atoms with Crippen LogP contribution in [0.4, 0.5) is 4.79 Å². The van der Waals surface area contributed by atoms with Crippen LogP contribution in [0.25, 0.3) is 34.0 Å². The zero-order valence-corrected chi connectivity index (χ0v) is 30.6. The molecule has 0 saturated carbocycles. The molecule has 0 bridgehead atoms. The van der Waals surface area contributed by atoms with E-state index in [-0.39, 0.29) is 12.3 Å². The zero-order chi connectivity index (χ0) is 34.1. The highest BCUT2D eigenvalue weighted by Gasteiger charge is 2.34. The molecule has 2 amide bonds. The number of hydrogen-bond donors (Lipinski definition) is 0. The van der Waals surface area contributed by atoms with Gasteiger partial charge in [0.15, 0.2) is 5.82 Å². The van der Waals surface area contributed by atoms with E-state index in [9.17, 15) is 4.79 Å². The van der Waals surface area contributed by atoms with Gasteiger partial charge >= 0.3 is 6.03 Å². The number of piperazine rings is 1. The third kappa shape index (κ3) is 7.49. The molecule has 1 unspecified atom stereocenters. The summed E-state index contributed by atoms with van der Waals surface area (Å²) >= 11 is 0. The average Bonchev–Trinajstić information content (AvgIpc) is 3.81. The normalized spacial score (nSPS) is 18.7. The summed E-state index contributed by atoms with van der Waals surface area (Å²) in [4.78, 5) is 34.5. The van der Waals surface area contributed by atoms with E-state index in [1.54, 1.807) is 0 Å². The Kier molecular flexibility index (Phi) is 9.69. The van der Waals surface area contributed by atoms with Crippen molar-refractivity contribution in [3.63, 3.8) is 0 Å². The predicted octanol–water partition coefficient (Wildman–Crippen LogP) is 5.87. The number of aromatic nitrogens is 6. The van der Waals surface area contributed by atoms with Crippen LogP contribution in [-0.4, -0.2) is 105 Å². The molecule has 0 spiro atoms. The standard InChI is InChI=1S/C36H49N9O3Si/c1-26-9-8-10-29(38-26)34-28(22-45(40-34)33-11-6-7-18-48-33)27-12-13-37-30(21-27)35-39-31-23-43(36(46)42-16-14-41(2)15-17-42)24-32(31)44(35)25-47-19-20-49(3,4)5/h8-10,12-13,21-22,33H,6-7,11,14-20,23-25H2,1-5H3. The van der Waals surface area contributed by atoms with Crippen molar-refractivity contribution in [2.45, 2.75) is 77.9 Å². The van der Waals surface area contributed by atoms with Crippen molar-refractivity contribution in [3.8, 4) is 34.0 Å². The predicted molar refractivity (Wildman–Crippen MR) is 191 cm³/mol. The van der Waals surface area contributed by atoms with E-state index < -0.39 is 8.07 Å². The van der Waals surface area contributed by atoms with Crippen LogP contribution in [0, 0.1) is 6.92 Å². The third-order valence-corrected chi connectivity index (χ3v) is 11.4. The molecule has 12 nitrogen and oxygen atoms in total. The second-order valence-corrected chi connectivity index (χ2v) is 20.4. The van der Waals surface area contributed by atoms with E-state index in [2.05, 4.69) is 48.4 Å². The van der Waals surface area contributed by atoms with E-state index in [4.69, 9.17) is 29.5 Å². The van der Waals surface area contributed by atoms with Crippen LogP contribution in [0.3, 0.4) is 0 Å². The molecule has 2 saturated heterocycles. The summed E-state index contributed by atoms with van der Waals surface area (Å²) in [5.41, 5.74) is 7.20. The Labute approximate surface area is 290 Å². The Balaban J connectivity index is 1.22. The molecule has 2 fully saturated rings. The number of carbonyl (C=O) groups is 1. The molecule has 3 aliphatic heterocycles. The smallest absolute Gasteiger partial charge is 0.320 e. The van der Waals surface area contributed by atoms with Crippen LogP contribution < -0.4 is 0 Å². The van der Waals surface area contributed by atoms with Crippen molar-refractivity contribution in [1.29, 1.82) is 0 Å². The number of rotatable bonds is 9. The topological polar surface area (TPSA) is 107 Å². The zero-order valence-electron chi connectivity index (χ0n) is 29.6. The lowest BCUT2D eigenvalue weighted by molar-refractivity contribution is -0.0393. The number of carbonyl (C=O) groups excluding carboxylic acids is 1. The molecule has 0 radical (unpaired) electrons. The summed E-state index contributed by atoms with van der Waals surface area (Å²) in [6.07, 6.45) is 6.94. The molecule has 0 N–H and O–H groups in total. The summed E-state index contributed by atoms with van der Waals surface area (Å²) in [7, 11) is 0.836. The Morgan fingerprint density at radius 2 is 1.86 bits per heavy atom.